The summed E-state index contributed by atoms with van der Waals surface area (Å²) in [4.78, 5) is 4.62. The molecule has 0 bridgehead atoms. The molecule has 0 aliphatic heterocycles. The minimum Gasteiger partial charge on any atom is -0.496 e. The molecule has 108 valence electrons. The van der Waals surface area contributed by atoms with E-state index in [1.165, 1.54) is 15.8 Å². The number of hydrogen-bond donors (Lipinski definition) is 1. The second kappa shape index (κ2) is 6.14. The van der Waals surface area contributed by atoms with Gasteiger partial charge in [-0.3, -0.25) is 0 Å². The number of hydrogen-bond acceptors (Lipinski definition) is 4. The largest absolute Gasteiger partial charge is 0.496 e. The summed E-state index contributed by atoms with van der Waals surface area (Å²) in [5.74, 6) is 0.944. The summed E-state index contributed by atoms with van der Waals surface area (Å²) < 4.78 is 6.59. The quantitative estimate of drug-likeness (QED) is 0.764. The Labute approximate surface area is 128 Å². The highest BCUT2D eigenvalue weighted by molar-refractivity contribution is 7.22. The summed E-state index contributed by atoms with van der Waals surface area (Å²) in [5.41, 5.74) is 3.53. The van der Waals surface area contributed by atoms with Crippen LogP contribution in [0.3, 0.4) is 0 Å². The van der Waals surface area contributed by atoms with Crippen LogP contribution >= 0.6 is 11.3 Å². The van der Waals surface area contributed by atoms with Gasteiger partial charge in [0.2, 0.25) is 0 Å². The summed E-state index contributed by atoms with van der Waals surface area (Å²) in [5, 5.41) is 4.38. The Kier molecular flexibility index (Phi) is 4.06. The number of thiazole rings is 1. The number of anilines is 1. The van der Waals surface area contributed by atoms with Gasteiger partial charge in [0.05, 0.1) is 17.3 Å². The van der Waals surface area contributed by atoms with Gasteiger partial charge in [0.1, 0.15) is 5.75 Å². The van der Waals surface area contributed by atoms with Gasteiger partial charge in [0, 0.05) is 6.54 Å². The molecule has 3 aromatic rings. The zero-order valence-electron chi connectivity index (χ0n) is 12.2. The van der Waals surface area contributed by atoms with Crippen LogP contribution in [0.2, 0.25) is 0 Å². The number of benzene rings is 2. The van der Waals surface area contributed by atoms with Crippen LogP contribution in [-0.4, -0.2) is 18.6 Å². The van der Waals surface area contributed by atoms with Crippen molar-refractivity contribution in [2.45, 2.75) is 13.3 Å². The molecule has 1 N–H and O–H groups in total. The lowest BCUT2D eigenvalue weighted by atomic mass is 10.1. The molecule has 0 aliphatic rings. The first kappa shape index (κ1) is 13.9. The minimum atomic E-state index is 0.846. The summed E-state index contributed by atoms with van der Waals surface area (Å²) in [6.07, 6.45) is 0.916. The number of ether oxygens (including phenoxy) is 1. The predicted octanol–water partition coefficient (Wildman–Crippen LogP) is 4.27. The van der Waals surface area contributed by atoms with Crippen molar-refractivity contribution in [3.63, 3.8) is 0 Å². The van der Waals surface area contributed by atoms with Crippen molar-refractivity contribution >= 4 is 26.7 Å². The Morgan fingerprint density at radius 1 is 1.19 bits per heavy atom. The number of rotatable bonds is 5. The van der Waals surface area contributed by atoms with E-state index >= 15 is 0 Å². The molecule has 0 radical (unpaired) electrons. The van der Waals surface area contributed by atoms with Gasteiger partial charge in [-0.2, -0.15) is 0 Å². The normalized spacial score (nSPS) is 10.8. The molecule has 2 aromatic carbocycles. The van der Waals surface area contributed by atoms with Crippen molar-refractivity contribution < 1.29 is 4.74 Å². The van der Waals surface area contributed by atoms with Crippen molar-refractivity contribution in [2.75, 3.05) is 19.0 Å². The van der Waals surface area contributed by atoms with Crippen molar-refractivity contribution in [1.29, 1.82) is 0 Å². The molecule has 3 rings (SSSR count). The molecule has 1 aromatic heterocycles. The third-order valence-corrected chi connectivity index (χ3v) is 4.40. The first-order chi connectivity index (χ1) is 10.3. The van der Waals surface area contributed by atoms with E-state index in [0.29, 0.717) is 0 Å². The van der Waals surface area contributed by atoms with E-state index in [2.05, 4.69) is 41.5 Å². The molecule has 0 atom stereocenters. The van der Waals surface area contributed by atoms with Crippen LogP contribution in [0.25, 0.3) is 10.2 Å². The molecule has 0 saturated heterocycles. The molecular weight excluding hydrogens is 280 g/mol. The lowest BCUT2D eigenvalue weighted by Gasteiger charge is -2.08. The lowest BCUT2D eigenvalue weighted by Crippen LogP contribution is -2.05. The summed E-state index contributed by atoms with van der Waals surface area (Å²) >= 11 is 1.70. The molecule has 21 heavy (non-hydrogen) atoms. The third kappa shape index (κ3) is 3.16. The number of methoxy groups -OCH3 is 1. The van der Waals surface area contributed by atoms with Crippen LogP contribution in [0.15, 0.2) is 42.5 Å². The maximum atomic E-state index is 5.37. The standard InChI is InChI=1S/C17H18N2OS/c1-12-7-8-16-14(11-12)19-17(21-16)18-10-9-13-5-3-4-6-15(13)20-2/h3-8,11H,9-10H2,1-2H3,(H,18,19). The van der Waals surface area contributed by atoms with Crippen LogP contribution in [0.5, 0.6) is 5.75 Å². The fourth-order valence-electron chi connectivity index (χ4n) is 2.33. The maximum absolute atomic E-state index is 5.37. The van der Waals surface area contributed by atoms with Crippen molar-refractivity contribution in [2.24, 2.45) is 0 Å². The fraction of sp³-hybridized carbons (Fsp3) is 0.235. The van der Waals surface area contributed by atoms with Gasteiger partial charge in [-0.05, 0) is 42.7 Å². The molecule has 0 aliphatic carbocycles. The van der Waals surface area contributed by atoms with Crippen LogP contribution in [0, 0.1) is 6.92 Å². The molecule has 0 spiro atoms. The molecule has 1 heterocycles. The van der Waals surface area contributed by atoms with Crippen LogP contribution in [0.4, 0.5) is 5.13 Å². The number of fused-ring (bicyclic) bond motifs is 1. The molecule has 0 amide bonds. The predicted molar refractivity (Wildman–Crippen MR) is 89.5 cm³/mol. The Morgan fingerprint density at radius 3 is 2.90 bits per heavy atom. The number of aromatic nitrogens is 1. The number of nitrogens with one attached hydrogen (secondary N) is 1. The number of aryl methyl sites for hydroxylation is 1. The average Bonchev–Trinajstić information content (AvgIpc) is 2.89. The van der Waals surface area contributed by atoms with E-state index in [-0.39, 0.29) is 0 Å². The summed E-state index contributed by atoms with van der Waals surface area (Å²) in [6, 6.07) is 14.5. The average molecular weight is 298 g/mol. The van der Waals surface area contributed by atoms with E-state index < -0.39 is 0 Å². The SMILES string of the molecule is COc1ccccc1CCNc1nc2cc(C)ccc2s1. The Hall–Kier alpha value is -2.07. The highest BCUT2D eigenvalue weighted by atomic mass is 32.1. The fourth-order valence-corrected chi connectivity index (χ4v) is 3.20. The zero-order chi connectivity index (χ0) is 14.7. The first-order valence-corrected chi connectivity index (χ1v) is 7.81. The summed E-state index contributed by atoms with van der Waals surface area (Å²) in [7, 11) is 1.71. The van der Waals surface area contributed by atoms with Crippen LogP contribution in [-0.2, 0) is 6.42 Å². The highest BCUT2D eigenvalue weighted by Gasteiger charge is 2.05. The minimum absolute atomic E-state index is 0.846. The molecule has 3 nitrogen and oxygen atoms in total. The Morgan fingerprint density at radius 2 is 2.05 bits per heavy atom. The highest BCUT2D eigenvalue weighted by Crippen LogP contribution is 2.26. The topological polar surface area (TPSA) is 34.1 Å². The van der Waals surface area contributed by atoms with Crippen LogP contribution < -0.4 is 10.1 Å². The maximum Gasteiger partial charge on any atom is 0.183 e. The van der Waals surface area contributed by atoms with Gasteiger partial charge in [0.25, 0.3) is 0 Å². The third-order valence-electron chi connectivity index (χ3n) is 3.41. The van der Waals surface area contributed by atoms with E-state index in [9.17, 15) is 0 Å². The Bertz CT molecular complexity index is 751. The van der Waals surface area contributed by atoms with Gasteiger partial charge in [-0.25, -0.2) is 4.98 Å². The van der Waals surface area contributed by atoms with Crippen molar-refractivity contribution in [3.05, 3.63) is 53.6 Å². The van der Waals surface area contributed by atoms with Crippen molar-refractivity contribution in [3.8, 4) is 5.75 Å². The number of nitrogens with zero attached hydrogens (tertiary/aromatic N) is 1. The lowest BCUT2D eigenvalue weighted by molar-refractivity contribution is 0.410. The molecule has 4 heteroatoms. The molecule has 0 unspecified atom stereocenters. The van der Waals surface area contributed by atoms with Gasteiger partial charge in [0.15, 0.2) is 5.13 Å². The van der Waals surface area contributed by atoms with Crippen LogP contribution in [0.1, 0.15) is 11.1 Å². The molecule has 0 fully saturated rings. The monoisotopic (exact) mass is 298 g/mol. The van der Waals surface area contributed by atoms with E-state index in [4.69, 9.17) is 4.74 Å². The number of para-hydroxylation sites is 1. The molecule has 0 saturated carbocycles. The van der Waals surface area contributed by atoms with Gasteiger partial charge in [-0.1, -0.05) is 35.6 Å². The first-order valence-electron chi connectivity index (χ1n) is 6.99. The summed E-state index contributed by atoms with van der Waals surface area (Å²) in [6.45, 7) is 2.94. The van der Waals surface area contributed by atoms with E-state index in [0.717, 1.165) is 29.4 Å². The zero-order valence-corrected chi connectivity index (χ0v) is 13.0. The smallest absolute Gasteiger partial charge is 0.183 e. The molecular formula is C17H18N2OS. The second-order valence-corrected chi connectivity index (χ2v) is 6.01. The van der Waals surface area contributed by atoms with Gasteiger partial charge in [-0.15, -0.1) is 0 Å². The van der Waals surface area contributed by atoms with Gasteiger partial charge < -0.3 is 10.1 Å². The van der Waals surface area contributed by atoms with E-state index in [1.807, 2.05) is 18.2 Å². The van der Waals surface area contributed by atoms with E-state index in [1.54, 1.807) is 18.4 Å². The van der Waals surface area contributed by atoms with Crippen molar-refractivity contribution in [1.82, 2.24) is 4.98 Å². The second-order valence-electron chi connectivity index (χ2n) is 4.98. The Balaban J connectivity index is 1.66. The van der Waals surface area contributed by atoms with Gasteiger partial charge >= 0.3 is 0 Å².